The van der Waals surface area contributed by atoms with Crippen molar-refractivity contribution in [3.05, 3.63) is 58.7 Å². The third-order valence-electron chi connectivity index (χ3n) is 3.84. The summed E-state index contributed by atoms with van der Waals surface area (Å²) in [5, 5.41) is 6.93. The zero-order valence-electron chi connectivity index (χ0n) is 12.7. The number of rotatable bonds is 3. The molecule has 2 heterocycles. The topological polar surface area (TPSA) is 33.0 Å². The number of anilines is 1. The Morgan fingerprint density at radius 2 is 1.77 bits per heavy atom. The van der Waals surface area contributed by atoms with E-state index in [1.54, 1.807) is 0 Å². The summed E-state index contributed by atoms with van der Waals surface area (Å²) in [5.41, 5.74) is 2.23. The van der Waals surface area contributed by atoms with E-state index < -0.39 is 0 Å². The van der Waals surface area contributed by atoms with E-state index in [4.69, 9.17) is 5.10 Å². The van der Waals surface area contributed by atoms with Crippen LogP contribution < -0.4 is 9.88 Å². The molecule has 1 aromatic heterocycles. The SMILES string of the molecule is C/C(=N\N1CCN(c2cccc[nH+]2)CC1)c1ccc(Br)cc1. The molecule has 1 aliphatic rings. The standard InChI is InChI=1S/C17H19BrN4/c1-14(15-5-7-16(18)8-6-15)20-22-12-10-21(11-13-22)17-4-2-3-9-19-17/h2-9H,10-13H2,1H3/p+1/b20-14+. The summed E-state index contributed by atoms with van der Waals surface area (Å²) in [4.78, 5) is 5.65. The highest BCUT2D eigenvalue weighted by Gasteiger charge is 2.22. The zero-order chi connectivity index (χ0) is 15.4. The van der Waals surface area contributed by atoms with E-state index in [1.807, 2.05) is 12.3 Å². The minimum absolute atomic E-state index is 0.941. The molecule has 0 amide bonds. The van der Waals surface area contributed by atoms with Gasteiger partial charge in [-0.25, -0.2) is 4.98 Å². The predicted molar refractivity (Wildman–Crippen MR) is 93.1 cm³/mol. The molecule has 1 aliphatic heterocycles. The van der Waals surface area contributed by atoms with Crippen LogP contribution in [0.1, 0.15) is 12.5 Å². The van der Waals surface area contributed by atoms with Gasteiger partial charge in [0.1, 0.15) is 13.1 Å². The van der Waals surface area contributed by atoms with Gasteiger partial charge in [0.05, 0.1) is 25.0 Å². The van der Waals surface area contributed by atoms with E-state index in [9.17, 15) is 0 Å². The van der Waals surface area contributed by atoms with Crippen molar-refractivity contribution in [1.29, 1.82) is 0 Å². The fraction of sp³-hybridized carbons (Fsp3) is 0.294. The molecule has 2 aromatic rings. The lowest BCUT2D eigenvalue weighted by Gasteiger charge is -2.29. The van der Waals surface area contributed by atoms with Crippen molar-refractivity contribution in [2.75, 3.05) is 31.1 Å². The monoisotopic (exact) mass is 359 g/mol. The highest BCUT2D eigenvalue weighted by Crippen LogP contribution is 2.13. The molecule has 0 unspecified atom stereocenters. The number of nitrogens with zero attached hydrogens (tertiary/aromatic N) is 3. The van der Waals surface area contributed by atoms with E-state index in [2.05, 4.69) is 74.1 Å². The highest BCUT2D eigenvalue weighted by molar-refractivity contribution is 9.10. The number of hydrazone groups is 1. The molecular weight excluding hydrogens is 340 g/mol. The van der Waals surface area contributed by atoms with E-state index in [0.717, 1.165) is 36.4 Å². The second-order valence-corrected chi connectivity index (χ2v) is 6.30. The van der Waals surface area contributed by atoms with E-state index in [-0.39, 0.29) is 0 Å². The maximum absolute atomic E-state index is 4.76. The van der Waals surface area contributed by atoms with Gasteiger partial charge in [-0.15, -0.1) is 0 Å². The minimum atomic E-state index is 0.941. The van der Waals surface area contributed by atoms with Gasteiger partial charge in [0, 0.05) is 10.5 Å². The lowest BCUT2D eigenvalue weighted by molar-refractivity contribution is -0.364. The van der Waals surface area contributed by atoms with Crippen LogP contribution in [0.3, 0.4) is 0 Å². The molecule has 1 saturated heterocycles. The maximum atomic E-state index is 4.76. The molecule has 5 heteroatoms. The summed E-state index contributed by atoms with van der Waals surface area (Å²) in [5.74, 6) is 1.18. The Morgan fingerprint density at radius 1 is 1.05 bits per heavy atom. The molecule has 114 valence electrons. The Hall–Kier alpha value is -1.88. The number of hydrogen-bond donors (Lipinski definition) is 0. The molecule has 22 heavy (non-hydrogen) atoms. The third kappa shape index (κ3) is 3.65. The fourth-order valence-electron chi connectivity index (χ4n) is 2.58. The van der Waals surface area contributed by atoms with Crippen molar-refractivity contribution in [1.82, 2.24) is 5.01 Å². The lowest BCUT2D eigenvalue weighted by Crippen LogP contribution is -2.46. The molecule has 0 saturated carbocycles. The van der Waals surface area contributed by atoms with Gasteiger partial charge in [0.25, 0.3) is 5.82 Å². The predicted octanol–water partition coefficient (Wildman–Crippen LogP) is 2.81. The summed E-state index contributed by atoms with van der Waals surface area (Å²) >= 11 is 3.46. The van der Waals surface area contributed by atoms with Crippen LogP contribution in [0, 0.1) is 0 Å². The van der Waals surface area contributed by atoms with E-state index in [0.29, 0.717) is 0 Å². The molecule has 0 spiro atoms. The first kappa shape index (κ1) is 15.0. The van der Waals surface area contributed by atoms with Crippen molar-refractivity contribution in [3.8, 4) is 0 Å². The number of benzene rings is 1. The first-order valence-electron chi connectivity index (χ1n) is 7.50. The fourth-order valence-corrected chi connectivity index (χ4v) is 2.84. The van der Waals surface area contributed by atoms with Crippen LogP contribution in [-0.2, 0) is 0 Å². The first-order chi connectivity index (χ1) is 10.7. The smallest absolute Gasteiger partial charge is 0.274 e. The summed E-state index contributed by atoms with van der Waals surface area (Å²) in [7, 11) is 0. The van der Waals surface area contributed by atoms with E-state index >= 15 is 0 Å². The third-order valence-corrected chi connectivity index (χ3v) is 4.37. The lowest BCUT2D eigenvalue weighted by atomic mass is 10.1. The van der Waals surface area contributed by atoms with Gasteiger partial charge in [-0.1, -0.05) is 34.1 Å². The molecule has 0 aliphatic carbocycles. The summed E-state index contributed by atoms with van der Waals surface area (Å²) < 4.78 is 1.09. The number of H-pyrrole nitrogens is 1. The maximum Gasteiger partial charge on any atom is 0.274 e. The van der Waals surface area contributed by atoms with Crippen LogP contribution in [0.4, 0.5) is 5.82 Å². The van der Waals surface area contributed by atoms with Crippen molar-refractivity contribution in [2.24, 2.45) is 5.10 Å². The molecule has 0 radical (unpaired) electrons. The van der Waals surface area contributed by atoms with Crippen LogP contribution in [0.2, 0.25) is 0 Å². The Balaban J connectivity index is 1.61. The van der Waals surface area contributed by atoms with Gasteiger partial charge in [0.15, 0.2) is 0 Å². The number of halogens is 1. The Labute approximate surface area is 139 Å². The van der Waals surface area contributed by atoms with Crippen molar-refractivity contribution < 1.29 is 4.98 Å². The second-order valence-electron chi connectivity index (χ2n) is 5.38. The van der Waals surface area contributed by atoms with Gasteiger partial charge in [-0.3, -0.25) is 9.91 Å². The largest absolute Gasteiger partial charge is 0.289 e. The zero-order valence-corrected chi connectivity index (χ0v) is 14.3. The number of aromatic amines is 1. The van der Waals surface area contributed by atoms with Crippen LogP contribution in [0.15, 0.2) is 58.2 Å². The number of nitrogens with one attached hydrogen (secondary N) is 1. The van der Waals surface area contributed by atoms with Gasteiger partial charge in [0.2, 0.25) is 0 Å². The van der Waals surface area contributed by atoms with Crippen LogP contribution in [0.5, 0.6) is 0 Å². The molecule has 1 N–H and O–H groups in total. The van der Waals surface area contributed by atoms with E-state index in [1.165, 1.54) is 11.4 Å². The Bertz CT molecular complexity index is 631. The molecule has 0 atom stereocenters. The van der Waals surface area contributed by atoms with Crippen LogP contribution in [0.25, 0.3) is 0 Å². The second kappa shape index (κ2) is 6.92. The molecule has 4 nitrogen and oxygen atoms in total. The number of hydrogen-bond acceptors (Lipinski definition) is 3. The minimum Gasteiger partial charge on any atom is -0.289 e. The van der Waals surface area contributed by atoms with Gasteiger partial charge in [-0.05, 0) is 30.7 Å². The Kier molecular flexibility index (Phi) is 4.73. The van der Waals surface area contributed by atoms with Gasteiger partial charge >= 0.3 is 0 Å². The summed E-state index contributed by atoms with van der Waals surface area (Å²) in [6.07, 6.45) is 1.97. The summed E-state index contributed by atoms with van der Waals surface area (Å²) in [6.45, 7) is 5.92. The molecule has 1 fully saturated rings. The van der Waals surface area contributed by atoms with Gasteiger partial charge < -0.3 is 0 Å². The molecule has 3 rings (SSSR count). The number of aromatic nitrogens is 1. The van der Waals surface area contributed by atoms with Crippen molar-refractivity contribution >= 4 is 27.5 Å². The molecule has 1 aromatic carbocycles. The number of pyridine rings is 1. The van der Waals surface area contributed by atoms with Crippen LogP contribution >= 0.6 is 15.9 Å². The summed E-state index contributed by atoms with van der Waals surface area (Å²) in [6, 6.07) is 14.5. The Morgan fingerprint density at radius 3 is 2.41 bits per heavy atom. The average molecular weight is 360 g/mol. The number of piperazine rings is 1. The highest BCUT2D eigenvalue weighted by atomic mass is 79.9. The molecular formula is C17H20BrN4+. The van der Waals surface area contributed by atoms with Crippen LogP contribution in [-0.4, -0.2) is 36.9 Å². The average Bonchev–Trinajstić information content (AvgIpc) is 2.57. The normalized spacial score (nSPS) is 16.0. The molecule has 0 bridgehead atoms. The quantitative estimate of drug-likeness (QED) is 0.789. The van der Waals surface area contributed by atoms with Gasteiger partial charge in [-0.2, -0.15) is 5.10 Å². The van der Waals surface area contributed by atoms with Crippen molar-refractivity contribution in [2.45, 2.75) is 6.92 Å². The van der Waals surface area contributed by atoms with Crippen molar-refractivity contribution in [3.63, 3.8) is 0 Å². The first-order valence-corrected chi connectivity index (χ1v) is 8.29.